The quantitative estimate of drug-likeness (QED) is 0.746. The van der Waals surface area contributed by atoms with Gasteiger partial charge in [-0.2, -0.15) is 0 Å². The summed E-state index contributed by atoms with van der Waals surface area (Å²) in [5.41, 5.74) is 2.68. The van der Waals surface area contributed by atoms with E-state index in [-0.39, 0.29) is 23.8 Å². The number of fused-ring (bicyclic) bond motifs is 1. The van der Waals surface area contributed by atoms with Crippen molar-refractivity contribution in [1.29, 1.82) is 0 Å². The third-order valence-corrected chi connectivity index (χ3v) is 5.14. The molecule has 1 aliphatic rings. The number of carbonyl (C=O) groups is 1. The maximum Gasteiger partial charge on any atom is 0.277 e. The van der Waals surface area contributed by atoms with Crippen LogP contribution in [0.5, 0.6) is 0 Å². The van der Waals surface area contributed by atoms with E-state index in [1.165, 1.54) is 17.5 Å². The number of carbonyl (C=O) groups excluding carboxylic acids is 1. The van der Waals surface area contributed by atoms with Crippen molar-refractivity contribution in [2.75, 3.05) is 18.4 Å². The van der Waals surface area contributed by atoms with E-state index in [9.17, 15) is 4.79 Å². The van der Waals surface area contributed by atoms with E-state index in [0.717, 1.165) is 30.8 Å². The molecule has 3 aromatic rings. The third kappa shape index (κ3) is 4.29. The first kappa shape index (κ1) is 18.0. The van der Waals surface area contributed by atoms with E-state index in [2.05, 4.69) is 39.0 Å². The van der Waals surface area contributed by atoms with Crippen LogP contribution in [0.25, 0.3) is 11.0 Å². The first-order chi connectivity index (χ1) is 13.1. The van der Waals surface area contributed by atoms with Crippen molar-refractivity contribution in [2.24, 2.45) is 0 Å². The Bertz CT molecular complexity index is 950. The number of para-hydroxylation sites is 2. The lowest BCUT2D eigenvalue weighted by atomic mass is 10.2. The number of ether oxygens (including phenoxy) is 1. The molecule has 140 valence electrons. The molecule has 2 aromatic heterocycles. The van der Waals surface area contributed by atoms with Crippen LogP contribution in [0.2, 0.25) is 0 Å². The highest BCUT2D eigenvalue weighted by molar-refractivity contribution is 7.13. The van der Waals surface area contributed by atoms with Crippen molar-refractivity contribution in [2.45, 2.75) is 32.6 Å². The molecule has 8 heteroatoms. The molecule has 4 rings (SSSR count). The summed E-state index contributed by atoms with van der Waals surface area (Å²) in [6.45, 7) is 6.69. The molecule has 27 heavy (non-hydrogen) atoms. The summed E-state index contributed by atoms with van der Waals surface area (Å²) in [5, 5.41) is 5.37. The van der Waals surface area contributed by atoms with Crippen LogP contribution in [0.4, 0.5) is 5.13 Å². The molecule has 7 nitrogen and oxygen atoms in total. The second-order valence-electron chi connectivity index (χ2n) is 6.79. The van der Waals surface area contributed by atoms with Crippen molar-refractivity contribution in [3.8, 4) is 0 Å². The van der Waals surface area contributed by atoms with Gasteiger partial charge in [-0.15, -0.1) is 11.3 Å². The number of hydrogen-bond acceptors (Lipinski definition) is 7. The Morgan fingerprint density at radius 1 is 1.22 bits per heavy atom. The van der Waals surface area contributed by atoms with Crippen molar-refractivity contribution in [3.63, 3.8) is 0 Å². The van der Waals surface area contributed by atoms with Gasteiger partial charge in [-0.1, -0.05) is 12.1 Å². The molecule has 0 radical (unpaired) electrons. The lowest BCUT2D eigenvalue weighted by Crippen LogP contribution is -2.44. The van der Waals surface area contributed by atoms with E-state index in [1.54, 1.807) is 0 Å². The number of morpholine rings is 1. The molecule has 2 unspecified atom stereocenters. The molecule has 1 aliphatic heterocycles. The Kier molecular flexibility index (Phi) is 5.11. The average Bonchev–Trinajstić information content (AvgIpc) is 3.07. The van der Waals surface area contributed by atoms with E-state index >= 15 is 0 Å². The lowest BCUT2D eigenvalue weighted by Gasteiger charge is -2.34. The molecular formula is C19H21N5O2S. The van der Waals surface area contributed by atoms with Crippen molar-refractivity contribution in [1.82, 2.24) is 19.9 Å². The number of amides is 1. The van der Waals surface area contributed by atoms with Crippen LogP contribution in [0.15, 0.2) is 35.8 Å². The van der Waals surface area contributed by atoms with Gasteiger partial charge in [0, 0.05) is 25.0 Å². The largest absolute Gasteiger partial charge is 0.373 e. The number of nitrogens with zero attached hydrogens (tertiary/aromatic N) is 4. The zero-order chi connectivity index (χ0) is 18.8. The predicted molar refractivity (Wildman–Crippen MR) is 105 cm³/mol. The predicted octanol–water partition coefficient (Wildman–Crippen LogP) is 2.95. The minimum absolute atomic E-state index is 0.220. The Hall–Kier alpha value is -2.42. The summed E-state index contributed by atoms with van der Waals surface area (Å²) in [5.74, 6) is -0.303. The van der Waals surface area contributed by atoms with Crippen LogP contribution in [0.1, 0.15) is 30.0 Å². The smallest absolute Gasteiger partial charge is 0.277 e. The average molecular weight is 383 g/mol. The topological polar surface area (TPSA) is 80.2 Å². The maximum atomic E-state index is 12.5. The summed E-state index contributed by atoms with van der Waals surface area (Å²) < 4.78 is 5.76. The van der Waals surface area contributed by atoms with Gasteiger partial charge >= 0.3 is 0 Å². The highest BCUT2D eigenvalue weighted by Crippen LogP contribution is 2.20. The van der Waals surface area contributed by atoms with Gasteiger partial charge in [0.2, 0.25) is 0 Å². The summed E-state index contributed by atoms with van der Waals surface area (Å²) in [7, 11) is 0. The third-order valence-electron chi connectivity index (χ3n) is 4.33. The fraction of sp³-hybridized carbons (Fsp3) is 0.368. The minimum atomic E-state index is -0.303. The van der Waals surface area contributed by atoms with Crippen LogP contribution < -0.4 is 5.32 Å². The molecule has 0 bridgehead atoms. The van der Waals surface area contributed by atoms with E-state index in [0.29, 0.717) is 10.6 Å². The molecule has 1 fully saturated rings. The number of hydrogen-bond donors (Lipinski definition) is 1. The molecule has 1 saturated heterocycles. The number of aromatic nitrogens is 3. The highest BCUT2D eigenvalue weighted by atomic mass is 32.1. The first-order valence-corrected chi connectivity index (χ1v) is 9.80. The SMILES string of the molecule is CC1CN(Cc2csc(NC(=O)c3cnc4ccccc4n3)n2)CC(C)O1. The van der Waals surface area contributed by atoms with Gasteiger partial charge in [0.1, 0.15) is 5.69 Å². The van der Waals surface area contributed by atoms with E-state index in [4.69, 9.17) is 4.74 Å². The highest BCUT2D eigenvalue weighted by Gasteiger charge is 2.23. The Morgan fingerprint density at radius 2 is 1.96 bits per heavy atom. The van der Waals surface area contributed by atoms with Gasteiger partial charge in [-0.05, 0) is 26.0 Å². The van der Waals surface area contributed by atoms with Crippen LogP contribution in [0.3, 0.4) is 0 Å². The molecule has 1 amide bonds. The van der Waals surface area contributed by atoms with Crippen molar-refractivity contribution < 1.29 is 9.53 Å². The van der Waals surface area contributed by atoms with Crippen molar-refractivity contribution in [3.05, 3.63) is 47.2 Å². The summed E-state index contributed by atoms with van der Waals surface area (Å²) in [6.07, 6.45) is 1.93. The number of anilines is 1. The number of nitrogens with one attached hydrogen (secondary N) is 1. The molecule has 0 aliphatic carbocycles. The van der Waals surface area contributed by atoms with Gasteiger partial charge in [0.25, 0.3) is 5.91 Å². The Labute approximate surface area is 161 Å². The van der Waals surface area contributed by atoms with Gasteiger partial charge < -0.3 is 4.74 Å². The fourth-order valence-corrected chi connectivity index (χ4v) is 4.00. The fourth-order valence-electron chi connectivity index (χ4n) is 3.31. The van der Waals surface area contributed by atoms with E-state index in [1.807, 2.05) is 29.6 Å². The first-order valence-electron chi connectivity index (χ1n) is 8.92. The van der Waals surface area contributed by atoms with Crippen LogP contribution in [-0.2, 0) is 11.3 Å². The van der Waals surface area contributed by atoms with Gasteiger partial charge in [0.15, 0.2) is 5.13 Å². The number of rotatable bonds is 4. The lowest BCUT2D eigenvalue weighted by molar-refractivity contribution is -0.0707. The second kappa shape index (κ2) is 7.67. The molecule has 3 heterocycles. The monoisotopic (exact) mass is 383 g/mol. The Balaban J connectivity index is 1.41. The second-order valence-corrected chi connectivity index (χ2v) is 7.65. The summed E-state index contributed by atoms with van der Waals surface area (Å²) in [6, 6.07) is 7.47. The standard InChI is InChI=1S/C19H21N5O2S/c1-12-8-24(9-13(2)26-12)10-14-11-27-19(21-14)23-18(25)17-7-20-15-5-3-4-6-16(15)22-17/h3-7,11-13H,8-10H2,1-2H3,(H,21,23,25). The number of thiazole rings is 1. The van der Waals surface area contributed by atoms with Crippen molar-refractivity contribution >= 4 is 33.4 Å². The molecule has 2 atom stereocenters. The maximum absolute atomic E-state index is 12.5. The molecule has 1 N–H and O–H groups in total. The normalized spacial score (nSPS) is 20.7. The summed E-state index contributed by atoms with van der Waals surface area (Å²) in [4.78, 5) is 28.0. The Morgan fingerprint density at radius 3 is 2.74 bits per heavy atom. The van der Waals surface area contributed by atoms with Crippen LogP contribution >= 0.6 is 11.3 Å². The molecule has 0 saturated carbocycles. The summed E-state index contributed by atoms with van der Waals surface area (Å²) >= 11 is 1.42. The van der Waals surface area contributed by atoms with Crippen LogP contribution in [-0.4, -0.2) is 51.1 Å². The minimum Gasteiger partial charge on any atom is -0.373 e. The molecule has 1 aromatic carbocycles. The van der Waals surface area contributed by atoms with Gasteiger partial charge in [0.05, 0.1) is 35.1 Å². The molecular weight excluding hydrogens is 362 g/mol. The zero-order valence-electron chi connectivity index (χ0n) is 15.3. The number of benzene rings is 1. The van der Waals surface area contributed by atoms with E-state index < -0.39 is 0 Å². The van der Waals surface area contributed by atoms with Gasteiger partial charge in [-0.3, -0.25) is 20.0 Å². The van der Waals surface area contributed by atoms with Crippen LogP contribution in [0, 0.1) is 0 Å². The van der Waals surface area contributed by atoms with Gasteiger partial charge in [-0.25, -0.2) is 9.97 Å². The molecule has 0 spiro atoms. The zero-order valence-corrected chi connectivity index (χ0v) is 16.1.